The van der Waals surface area contributed by atoms with Crippen LogP contribution in [0.25, 0.3) is 0 Å². The van der Waals surface area contributed by atoms with Gasteiger partial charge in [-0.25, -0.2) is 0 Å². The van der Waals surface area contributed by atoms with Crippen LogP contribution < -0.4 is 19.4 Å². The van der Waals surface area contributed by atoms with E-state index >= 15 is 0 Å². The van der Waals surface area contributed by atoms with Gasteiger partial charge in [-0.05, 0) is 49.9 Å². The number of piperazine rings is 1. The fourth-order valence-corrected chi connectivity index (χ4v) is 4.23. The van der Waals surface area contributed by atoms with E-state index in [1.54, 1.807) is 13.3 Å². The van der Waals surface area contributed by atoms with E-state index in [0.717, 1.165) is 56.7 Å². The van der Waals surface area contributed by atoms with Gasteiger partial charge in [-0.15, -0.1) is 5.10 Å². The number of ether oxygens (including phenoxy) is 1. The van der Waals surface area contributed by atoms with Gasteiger partial charge in [-0.3, -0.25) is 0 Å². The van der Waals surface area contributed by atoms with E-state index in [-0.39, 0.29) is 0 Å². The lowest BCUT2D eigenvalue weighted by molar-refractivity contribution is 0.415. The quantitative estimate of drug-likeness (QED) is 0.788. The van der Waals surface area contributed by atoms with Crippen molar-refractivity contribution in [3.05, 3.63) is 30.5 Å². The summed E-state index contributed by atoms with van der Waals surface area (Å²) < 4.78 is 5.26. The van der Waals surface area contributed by atoms with Gasteiger partial charge in [-0.1, -0.05) is 6.92 Å². The number of aromatic nitrogens is 3. The Morgan fingerprint density at radius 2 is 1.75 bits per heavy atom. The van der Waals surface area contributed by atoms with Crippen LogP contribution in [0.2, 0.25) is 0 Å². The standard InChI is InChI=1S/C21H30N6O/c1-3-17-6-4-5-11-27(17)21-23-20(16-22-24-21)26-14-12-25(13-15-26)18-7-9-19(28-2)10-8-18/h7-10,16-17H,3-6,11-15H2,1-2H3. The molecule has 3 heterocycles. The number of piperidine rings is 1. The maximum absolute atomic E-state index is 5.26. The molecule has 2 saturated heterocycles. The highest BCUT2D eigenvalue weighted by Crippen LogP contribution is 2.26. The van der Waals surface area contributed by atoms with Crippen LogP contribution in [0.4, 0.5) is 17.5 Å². The minimum Gasteiger partial charge on any atom is -0.497 e. The Hall–Kier alpha value is -2.57. The average Bonchev–Trinajstić information content (AvgIpc) is 2.79. The van der Waals surface area contributed by atoms with Gasteiger partial charge in [0.15, 0.2) is 5.82 Å². The van der Waals surface area contributed by atoms with Gasteiger partial charge in [0.25, 0.3) is 0 Å². The van der Waals surface area contributed by atoms with Crippen LogP contribution >= 0.6 is 0 Å². The van der Waals surface area contributed by atoms with Crippen LogP contribution in [0.5, 0.6) is 5.75 Å². The van der Waals surface area contributed by atoms with Crippen LogP contribution in [-0.2, 0) is 0 Å². The van der Waals surface area contributed by atoms with Crippen molar-refractivity contribution < 1.29 is 4.74 Å². The molecule has 28 heavy (non-hydrogen) atoms. The average molecular weight is 383 g/mol. The fraction of sp³-hybridized carbons (Fsp3) is 0.571. The number of nitrogens with zero attached hydrogens (tertiary/aromatic N) is 6. The minimum atomic E-state index is 0.540. The maximum Gasteiger partial charge on any atom is 0.247 e. The van der Waals surface area contributed by atoms with Crippen molar-refractivity contribution >= 4 is 17.5 Å². The van der Waals surface area contributed by atoms with E-state index in [1.807, 2.05) is 12.1 Å². The summed E-state index contributed by atoms with van der Waals surface area (Å²) in [5, 5.41) is 8.63. The second kappa shape index (κ2) is 8.63. The van der Waals surface area contributed by atoms with Crippen LogP contribution in [0, 0.1) is 0 Å². The topological polar surface area (TPSA) is 57.6 Å². The third kappa shape index (κ3) is 3.98. The lowest BCUT2D eigenvalue weighted by atomic mass is 10.0. The van der Waals surface area contributed by atoms with Gasteiger partial charge in [0.2, 0.25) is 5.95 Å². The number of hydrogen-bond acceptors (Lipinski definition) is 7. The zero-order valence-electron chi connectivity index (χ0n) is 16.9. The van der Waals surface area contributed by atoms with Crippen molar-refractivity contribution in [2.24, 2.45) is 0 Å². The molecule has 1 atom stereocenters. The van der Waals surface area contributed by atoms with Gasteiger partial charge < -0.3 is 19.4 Å². The van der Waals surface area contributed by atoms with Crippen molar-refractivity contribution in [2.45, 2.75) is 38.6 Å². The Morgan fingerprint density at radius 1 is 1.00 bits per heavy atom. The molecule has 150 valence electrons. The largest absolute Gasteiger partial charge is 0.497 e. The van der Waals surface area contributed by atoms with E-state index in [0.29, 0.717) is 6.04 Å². The summed E-state index contributed by atoms with van der Waals surface area (Å²) in [6.07, 6.45) is 6.68. The van der Waals surface area contributed by atoms with Crippen molar-refractivity contribution in [3.63, 3.8) is 0 Å². The molecule has 1 aromatic heterocycles. The maximum atomic E-state index is 5.26. The lowest BCUT2D eigenvalue weighted by Gasteiger charge is -2.38. The van der Waals surface area contributed by atoms with Gasteiger partial charge >= 0.3 is 0 Å². The Kier molecular flexibility index (Phi) is 5.78. The van der Waals surface area contributed by atoms with Gasteiger partial charge in [0.1, 0.15) is 5.75 Å². The first-order valence-electron chi connectivity index (χ1n) is 10.4. The highest BCUT2D eigenvalue weighted by Gasteiger charge is 2.25. The molecule has 7 nitrogen and oxygen atoms in total. The SMILES string of the molecule is CCC1CCCCN1c1nncc(N2CCN(c3ccc(OC)cc3)CC2)n1. The third-order valence-electron chi connectivity index (χ3n) is 5.93. The molecule has 0 bridgehead atoms. The second-order valence-electron chi connectivity index (χ2n) is 7.54. The first-order valence-corrected chi connectivity index (χ1v) is 10.4. The number of methoxy groups -OCH3 is 1. The Balaban J connectivity index is 1.41. The van der Waals surface area contributed by atoms with Gasteiger partial charge in [0, 0.05) is 44.5 Å². The molecular weight excluding hydrogens is 352 g/mol. The van der Waals surface area contributed by atoms with Crippen molar-refractivity contribution in [1.82, 2.24) is 15.2 Å². The molecule has 2 aliphatic heterocycles. The monoisotopic (exact) mass is 382 g/mol. The molecule has 2 aliphatic rings. The van der Waals surface area contributed by atoms with E-state index in [4.69, 9.17) is 9.72 Å². The highest BCUT2D eigenvalue weighted by molar-refractivity contribution is 5.51. The van der Waals surface area contributed by atoms with E-state index in [2.05, 4.69) is 44.0 Å². The molecule has 0 saturated carbocycles. The van der Waals surface area contributed by atoms with E-state index < -0.39 is 0 Å². The zero-order chi connectivity index (χ0) is 19.3. The van der Waals surface area contributed by atoms with Crippen LogP contribution in [0.3, 0.4) is 0 Å². The van der Waals surface area contributed by atoms with Gasteiger partial charge in [-0.2, -0.15) is 10.1 Å². The molecule has 1 unspecified atom stereocenters. The molecule has 0 spiro atoms. The van der Waals surface area contributed by atoms with Gasteiger partial charge in [0.05, 0.1) is 13.3 Å². The minimum absolute atomic E-state index is 0.540. The summed E-state index contributed by atoms with van der Waals surface area (Å²) in [7, 11) is 1.70. The second-order valence-corrected chi connectivity index (χ2v) is 7.54. The van der Waals surface area contributed by atoms with E-state index in [1.165, 1.54) is 24.9 Å². The smallest absolute Gasteiger partial charge is 0.247 e. The number of anilines is 3. The molecule has 4 rings (SSSR count). The summed E-state index contributed by atoms with van der Waals surface area (Å²) in [4.78, 5) is 12.0. The fourth-order valence-electron chi connectivity index (χ4n) is 4.23. The number of benzene rings is 1. The predicted molar refractivity (Wildman–Crippen MR) is 113 cm³/mol. The Bertz CT molecular complexity index is 760. The lowest BCUT2D eigenvalue weighted by Crippen LogP contribution is -2.47. The summed E-state index contributed by atoms with van der Waals surface area (Å²) >= 11 is 0. The summed E-state index contributed by atoms with van der Waals surface area (Å²) in [6, 6.07) is 8.83. The normalized spacial score (nSPS) is 20.4. The summed E-state index contributed by atoms with van der Waals surface area (Å²) in [5.74, 6) is 2.63. The zero-order valence-corrected chi connectivity index (χ0v) is 16.9. The molecule has 0 N–H and O–H groups in total. The van der Waals surface area contributed by atoms with Crippen LogP contribution in [-0.4, -0.2) is 61.1 Å². The predicted octanol–water partition coefficient (Wildman–Crippen LogP) is 2.98. The Labute approximate surface area is 167 Å². The molecule has 7 heteroatoms. The van der Waals surface area contributed by atoms with E-state index in [9.17, 15) is 0 Å². The molecule has 0 aliphatic carbocycles. The Morgan fingerprint density at radius 3 is 2.46 bits per heavy atom. The molecule has 2 fully saturated rings. The van der Waals surface area contributed by atoms with Crippen molar-refractivity contribution in [3.8, 4) is 5.75 Å². The van der Waals surface area contributed by atoms with Crippen LogP contribution in [0.15, 0.2) is 30.5 Å². The van der Waals surface area contributed by atoms with Crippen molar-refractivity contribution in [1.29, 1.82) is 0 Å². The summed E-state index contributed by atoms with van der Waals surface area (Å²) in [5.41, 5.74) is 1.24. The van der Waals surface area contributed by atoms with Crippen molar-refractivity contribution in [2.75, 3.05) is 54.5 Å². The first-order chi connectivity index (χ1) is 13.8. The summed E-state index contributed by atoms with van der Waals surface area (Å²) in [6.45, 7) is 7.08. The molecular formula is C21H30N6O. The first kappa shape index (κ1) is 18.8. The molecule has 0 amide bonds. The third-order valence-corrected chi connectivity index (χ3v) is 5.93. The molecule has 1 aromatic carbocycles. The number of hydrogen-bond donors (Lipinski definition) is 0. The number of rotatable bonds is 5. The molecule has 2 aromatic rings. The molecule has 0 radical (unpaired) electrons. The highest BCUT2D eigenvalue weighted by atomic mass is 16.5. The van der Waals surface area contributed by atoms with Crippen LogP contribution in [0.1, 0.15) is 32.6 Å².